The number of anilines is 1. The molecule has 1 N–H and O–H groups in total. The van der Waals surface area contributed by atoms with E-state index < -0.39 is 12.6 Å². The van der Waals surface area contributed by atoms with Gasteiger partial charge in [-0.15, -0.1) is 0 Å². The van der Waals surface area contributed by atoms with E-state index in [4.69, 9.17) is 14.6 Å². The molecular formula is C23H23N3O5S. The van der Waals surface area contributed by atoms with E-state index in [-0.39, 0.29) is 5.91 Å². The van der Waals surface area contributed by atoms with Crippen molar-refractivity contribution in [3.8, 4) is 11.5 Å². The molecule has 0 aliphatic carbocycles. The number of hydrogen-bond donors (Lipinski definition) is 1. The number of amides is 1. The average molecular weight is 454 g/mol. The fourth-order valence-corrected chi connectivity index (χ4v) is 4.48. The zero-order valence-electron chi connectivity index (χ0n) is 17.6. The number of amidine groups is 1. The molecule has 1 saturated heterocycles. The lowest BCUT2D eigenvalue weighted by Gasteiger charge is -2.36. The van der Waals surface area contributed by atoms with Gasteiger partial charge in [-0.3, -0.25) is 4.79 Å². The van der Waals surface area contributed by atoms with Crippen LogP contribution in [0.15, 0.2) is 58.4 Å². The topological polar surface area (TPSA) is 91.7 Å². The zero-order chi connectivity index (χ0) is 22.5. The molecule has 1 fully saturated rings. The van der Waals surface area contributed by atoms with Crippen LogP contribution in [0.3, 0.4) is 0 Å². The number of aliphatic carboxylic acids is 1. The van der Waals surface area contributed by atoms with E-state index in [1.807, 2.05) is 18.2 Å². The van der Waals surface area contributed by atoms with E-state index in [0.29, 0.717) is 16.4 Å². The Hall–Kier alpha value is -3.46. The van der Waals surface area contributed by atoms with Crippen LogP contribution in [0, 0.1) is 0 Å². The molecule has 166 valence electrons. The molecule has 1 amide bonds. The maximum absolute atomic E-state index is 12.5. The number of carboxylic acids is 1. The Morgan fingerprint density at radius 3 is 2.50 bits per heavy atom. The summed E-state index contributed by atoms with van der Waals surface area (Å²) >= 11 is 1.37. The standard InChI is InChI=1S/C23H23N3O5S/c1-30-19-13-16(7-8-18(19)31-15-21(27)28)14-20-22(29)24-23(32-20)26-11-9-25(10-12-26)17-5-3-2-4-6-17/h2-8,13-14H,9-12,15H2,1H3,(H,27,28)/b20-14+. The molecular weight excluding hydrogens is 430 g/mol. The van der Waals surface area contributed by atoms with Crippen molar-refractivity contribution in [2.24, 2.45) is 4.99 Å². The molecule has 0 radical (unpaired) electrons. The maximum atomic E-state index is 12.5. The minimum Gasteiger partial charge on any atom is -0.493 e. The van der Waals surface area contributed by atoms with Gasteiger partial charge in [0.1, 0.15) is 0 Å². The van der Waals surface area contributed by atoms with Gasteiger partial charge in [0.25, 0.3) is 5.91 Å². The van der Waals surface area contributed by atoms with E-state index >= 15 is 0 Å². The number of aliphatic imine (C=N–C) groups is 1. The van der Waals surface area contributed by atoms with Crippen LogP contribution in [0.25, 0.3) is 6.08 Å². The number of thioether (sulfide) groups is 1. The van der Waals surface area contributed by atoms with Crippen molar-refractivity contribution in [1.29, 1.82) is 0 Å². The second-order valence-electron chi connectivity index (χ2n) is 7.21. The molecule has 8 nitrogen and oxygen atoms in total. The lowest BCUT2D eigenvalue weighted by Crippen LogP contribution is -2.47. The van der Waals surface area contributed by atoms with Gasteiger partial charge in [-0.25, -0.2) is 4.79 Å². The summed E-state index contributed by atoms with van der Waals surface area (Å²) in [4.78, 5) is 32.5. The normalized spacial score (nSPS) is 17.5. The third-order valence-corrected chi connectivity index (χ3v) is 6.16. The third-order valence-electron chi connectivity index (χ3n) is 5.12. The van der Waals surface area contributed by atoms with E-state index in [2.05, 4.69) is 26.9 Å². The Balaban J connectivity index is 1.40. The van der Waals surface area contributed by atoms with Crippen LogP contribution in [0.1, 0.15) is 5.56 Å². The Bertz CT molecular complexity index is 1060. The monoisotopic (exact) mass is 453 g/mol. The predicted molar refractivity (Wildman–Crippen MR) is 124 cm³/mol. The summed E-state index contributed by atoms with van der Waals surface area (Å²) in [5.74, 6) is -0.606. The summed E-state index contributed by atoms with van der Waals surface area (Å²) in [6.45, 7) is 2.87. The zero-order valence-corrected chi connectivity index (χ0v) is 18.4. The molecule has 0 unspecified atom stereocenters. The number of ether oxygens (including phenoxy) is 2. The lowest BCUT2D eigenvalue weighted by atomic mass is 10.2. The van der Waals surface area contributed by atoms with Gasteiger partial charge in [0.05, 0.1) is 12.0 Å². The summed E-state index contributed by atoms with van der Waals surface area (Å²) in [5, 5.41) is 9.51. The molecule has 2 aliphatic heterocycles. The number of piperazine rings is 1. The van der Waals surface area contributed by atoms with E-state index in [0.717, 1.165) is 36.9 Å². The largest absolute Gasteiger partial charge is 0.493 e. The average Bonchev–Trinajstić information content (AvgIpc) is 3.18. The number of benzene rings is 2. The molecule has 2 aromatic carbocycles. The van der Waals surface area contributed by atoms with Crippen LogP contribution in [0.2, 0.25) is 0 Å². The van der Waals surface area contributed by atoms with Gasteiger partial charge in [0, 0.05) is 31.9 Å². The van der Waals surface area contributed by atoms with Crippen molar-refractivity contribution in [1.82, 2.24) is 4.90 Å². The molecule has 0 bridgehead atoms. The van der Waals surface area contributed by atoms with Crippen LogP contribution in [0.4, 0.5) is 5.69 Å². The van der Waals surface area contributed by atoms with Crippen LogP contribution < -0.4 is 14.4 Å². The van der Waals surface area contributed by atoms with Crippen LogP contribution in [0.5, 0.6) is 11.5 Å². The van der Waals surface area contributed by atoms with Gasteiger partial charge in [-0.1, -0.05) is 24.3 Å². The highest BCUT2D eigenvalue weighted by Gasteiger charge is 2.28. The van der Waals surface area contributed by atoms with Gasteiger partial charge in [0.2, 0.25) is 0 Å². The summed E-state index contributed by atoms with van der Waals surface area (Å²) in [5.41, 5.74) is 1.94. The van der Waals surface area contributed by atoms with Crippen molar-refractivity contribution >= 4 is 40.6 Å². The Morgan fingerprint density at radius 2 is 1.81 bits per heavy atom. The van der Waals surface area contributed by atoms with Crippen LogP contribution in [-0.4, -0.2) is 66.9 Å². The summed E-state index contributed by atoms with van der Waals surface area (Å²) < 4.78 is 10.5. The summed E-state index contributed by atoms with van der Waals surface area (Å²) in [7, 11) is 1.48. The minimum absolute atomic E-state index is 0.263. The fourth-order valence-electron chi connectivity index (χ4n) is 3.51. The summed E-state index contributed by atoms with van der Waals surface area (Å²) in [6.07, 6.45) is 1.76. The molecule has 0 aromatic heterocycles. The molecule has 2 heterocycles. The van der Waals surface area contributed by atoms with E-state index in [9.17, 15) is 9.59 Å². The fraction of sp³-hybridized carbons (Fsp3) is 0.261. The molecule has 4 rings (SSSR count). The number of carboxylic acid groups (broad SMARTS) is 1. The Morgan fingerprint density at radius 1 is 1.09 bits per heavy atom. The molecule has 9 heteroatoms. The molecule has 2 aromatic rings. The number of carbonyl (C=O) groups excluding carboxylic acids is 1. The van der Waals surface area contributed by atoms with Gasteiger partial charge < -0.3 is 24.4 Å². The summed E-state index contributed by atoms with van der Waals surface area (Å²) in [6, 6.07) is 15.4. The number of methoxy groups -OCH3 is 1. The molecule has 0 saturated carbocycles. The van der Waals surface area contributed by atoms with Crippen LogP contribution >= 0.6 is 11.8 Å². The molecule has 2 aliphatic rings. The number of hydrogen-bond acceptors (Lipinski definition) is 7. The number of rotatable bonds is 6. The van der Waals surface area contributed by atoms with Gasteiger partial charge >= 0.3 is 5.97 Å². The first-order valence-electron chi connectivity index (χ1n) is 10.1. The van der Waals surface area contributed by atoms with Gasteiger partial charge in [0.15, 0.2) is 23.3 Å². The second kappa shape index (κ2) is 9.78. The quantitative estimate of drug-likeness (QED) is 0.668. The first kappa shape index (κ1) is 21.8. The Kier molecular flexibility index (Phi) is 6.65. The first-order chi connectivity index (χ1) is 15.5. The van der Waals surface area contributed by atoms with Crippen molar-refractivity contribution in [3.05, 3.63) is 59.0 Å². The second-order valence-corrected chi connectivity index (χ2v) is 8.22. The number of para-hydroxylation sites is 1. The van der Waals surface area contributed by atoms with Crippen molar-refractivity contribution in [3.63, 3.8) is 0 Å². The minimum atomic E-state index is -1.07. The third kappa shape index (κ3) is 5.05. The smallest absolute Gasteiger partial charge is 0.341 e. The van der Waals surface area contributed by atoms with Crippen molar-refractivity contribution in [2.45, 2.75) is 0 Å². The molecule has 0 spiro atoms. The Labute approximate surface area is 190 Å². The highest BCUT2D eigenvalue weighted by atomic mass is 32.2. The maximum Gasteiger partial charge on any atom is 0.341 e. The SMILES string of the molecule is COc1cc(/C=C2/SC(N3CCN(c4ccccc4)CC3)=NC2=O)ccc1OCC(=O)O. The van der Waals surface area contributed by atoms with E-state index in [1.54, 1.807) is 24.3 Å². The molecule has 0 atom stereocenters. The highest BCUT2D eigenvalue weighted by molar-refractivity contribution is 8.18. The lowest BCUT2D eigenvalue weighted by molar-refractivity contribution is -0.139. The highest BCUT2D eigenvalue weighted by Crippen LogP contribution is 2.33. The first-order valence-corrected chi connectivity index (χ1v) is 11.0. The predicted octanol–water partition coefficient (Wildman–Crippen LogP) is 2.95. The van der Waals surface area contributed by atoms with Crippen molar-refractivity contribution < 1.29 is 24.2 Å². The van der Waals surface area contributed by atoms with Gasteiger partial charge in [-0.05, 0) is 47.7 Å². The molecule has 32 heavy (non-hydrogen) atoms. The van der Waals surface area contributed by atoms with Crippen molar-refractivity contribution in [2.75, 3.05) is 44.8 Å². The van der Waals surface area contributed by atoms with Crippen LogP contribution in [-0.2, 0) is 9.59 Å². The van der Waals surface area contributed by atoms with Gasteiger partial charge in [-0.2, -0.15) is 4.99 Å². The van der Waals surface area contributed by atoms with E-state index in [1.165, 1.54) is 24.6 Å². The number of carbonyl (C=O) groups is 2. The number of nitrogens with zero attached hydrogens (tertiary/aromatic N) is 3.